The molecule has 0 aliphatic heterocycles. The number of nitrogens with zero attached hydrogens (tertiary/aromatic N) is 3. The Morgan fingerprint density at radius 1 is 0.825 bits per heavy atom. The molecule has 0 radical (unpaired) electrons. The molecule has 4 nitrogen and oxygen atoms in total. The minimum atomic E-state index is 0.419. The predicted molar refractivity (Wildman–Crippen MR) is 173 cm³/mol. The van der Waals surface area contributed by atoms with Crippen LogP contribution in [0.1, 0.15) is 63.1 Å². The van der Waals surface area contributed by atoms with Crippen LogP contribution < -0.4 is 5.32 Å². The third-order valence-electron chi connectivity index (χ3n) is 6.89. The third kappa shape index (κ3) is 7.96. The lowest BCUT2D eigenvalue weighted by molar-refractivity contribution is 0.582. The number of halogens is 2. The molecule has 6 heteroatoms. The van der Waals surface area contributed by atoms with Gasteiger partial charge in [0.25, 0.3) is 0 Å². The van der Waals surface area contributed by atoms with Crippen molar-refractivity contribution in [1.29, 1.82) is 0 Å². The highest BCUT2D eigenvalue weighted by Crippen LogP contribution is 2.31. The van der Waals surface area contributed by atoms with Gasteiger partial charge in [0.05, 0.1) is 16.4 Å². The molecule has 0 saturated carbocycles. The van der Waals surface area contributed by atoms with Crippen molar-refractivity contribution >= 4 is 39.0 Å². The van der Waals surface area contributed by atoms with Crippen LogP contribution in [0.5, 0.6) is 0 Å². The average molecular weight is 618 g/mol. The SMILES string of the molecule is CCCC(CCC)Nc1cc(-c2ccccc2Cl)nc2c(Br)cnn12.CCc1ccc(Cc2ccccc2)cc1. The molecule has 0 aliphatic carbocycles. The molecule has 5 aromatic rings. The summed E-state index contributed by atoms with van der Waals surface area (Å²) in [5.41, 5.74) is 6.72. The van der Waals surface area contributed by atoms with Gasteiger partial charge in [0, 0.05) is 22.7 Å². The second kappa shape index (κ2) is 15.0. The van der Waals surface area contributed by atoms with Crippen LogP contribution in [-0.2, 0) is 12.8 Å². The molecular weight excluding hydrogens is 580 g/mol. The highest BCUT2D eigenvalue weighted by molar-refractivity contribution is 9.10. The number of aromatic nitrogens is 3. The van der Waals surface area contributed by atoms with E-state index in [0.29, 0.717) is 11.1 Å². The molecule has 40 heavy (non-hydrogen) atoms. The summed E-state index contributed by atoms with van der Waals surface area (Å²) in [5, 5.41) is 8.82. The van der Waals surface area contributed by atoms with E-state index in [-0.39, 0.29) is 0 Å². The van der Waals surface area contributed by atoms with Crippen molar-refractivity contribution in [1.82, 2.24) is 14.6 Å². The first-order chi connectivity index (χ1) is 19.5. The maximum Gasteiger partial charge on any atom is 0.172 e. The fourth-order valence-electron chi connectivity index (χ4n) is 4.76. The van der Waals surface area contributed by atoms with Crippen LogP contribution in [0.4, 0.5) is 5.82 Å². The maximum atomic E-state index is 6.39. The average Bonchev–Trinajstić information content (AvgIpc) is 3.35. The molecule has 0 saturated heterocycles. The normalized spacial score (nSPS) is 10.9. The van der Waals surface area contributed by atoms with Crippen molar-refractivity contribution < 1.29 is 0 Å². The lowest BCUT2D eigenvalue weighted by atomic mass is 10.0. The van der Waals surface area contributed by atoms with Gasteiger partial charge in [-0.2, -0.15) is 9.61 Å². The molecule has 2 aromatic heterocycles. The number of anilines is 1. The Morgan fingerprint density at radius 3 is 2.10 bits per heavy atom. The number of hydrogen-bond acceptors (Lipinski definition) is 3. The lowest BCUT2D eigenvalue weighted by Gasteiger charge is -2.20. The smallest absolute Gasteiger partial charge is 0.172 e. The van der Waals surface area contributed by atoms with Gasteiger partial charge in [-0.15, -0.1) is 0 Å². The molecule has 2 heterocycles. The Hall–Kier alpha value is -3.15. The van der Waals surface area contributed by atoms with Crippen LogP contribution in [-0.4, -0.2) is 20.6 Å². The highest BCUT2D eigenvalue weighted by Gasteiger charge is 2.15. The van der Waals surface area contributed by atoms with Gasteiger partial charge < -0.3 is 5.32 Å². The van der Waals surface area contributed by atoms with Gasteiger partial charge in [-0.1, -0.05) is 118 Å². The van der Waals surface area contributed by atoms with Crippen LogP contribution in [0.25, 0.3) is 16.9 Å². The Kier molecular flexibility index (Phi) is 11.2. The molecule has 0 bridgehead atoms. The molecule has 0 fully saturated rings. The molecule has 5 rings (SSSR count). The van der Waals surface area contributed by atoms with E-state index in [0.717, 1.165) is 65.7 Å². The summed E-state index contributed by atoms with van der Waals surface area (Å²) < 4.78 is 2.72. The number of benzene rings is 3. The minimum Gasteiger partial charge on any atom is -0.367 e. The molecule has 0 unspecified atom stereocenters. The molecule has 0 atom stereocenters. The van der Waals surface area contributed by atoms with Crippen LogP contribution in [0.3, 0.4) is 0 Å². The second-order valence-electron chi connectivity index (χ2n) is 9.99. The molecule has 1 N–H and O–H groups in total. The van der Waals surface area contributed by atoms with Crippen LogP contribution in [0.15, 0.2) is 95.6 Å². The van der Waals surface area contributed by atoms with E-state index in [1.165, 1.54) is 16.7 Å². The van der Waals surface area contributed by atoms with Crippen molar-refractivity contribution in [3.05, 3.63) is 117 Å². The van der Waals surface area contributed by atoms with E-state index in [4.69, 9.17) is 16.6 Å². The van der Waals surface area contributed by atoms with Crippen molar-refractivity contribution in [3.63, 3.8) is 0 Å². The monoisotopic (exact) mass is 616 g/mol. The lowest BCUT2D eigenvalue weighted by Crippen LogP contribution is -2.21. The fourth-order valence-corrected chi connectivity index (χ4v) is 5.35. The Labute approximate surface area is 252 Å². The van der Waals surface area contributed by atoms with Crippen LogP contribution in [0.2, 0.25) is 5.02 Å². The van der Waals surface area contributed by atoms with Crippen molar-refractivity contribution in [2.75, 3.05) is 5.32 Å². The van der Waals surface area contributed by atoms with Crippen molar-refractivity contribution in [2.24, 2.45) is 0 Å². The van der Waals surface area contributed by atoms with E-state index < -0.39 is 0 Å². The van der Waals surface area contributed by atoms with Gasteiger partial charge in [-0.05, 0) is 64.4 Å². The number of rotatable bonds is 10. The molecule has 208 valence electrons. The van der Waals surface area contributed by atoms with Gasteiger partial charge in [0.15, 0.2) is 5.65 Å². The van der Waals surface area contributed by atoms with Gasteiger partial charge in [0.2, 0.25) is 0 Å². The summed E-state index contributed by atoms with van der Waals surface area (Å²) in [5.74, 6) is 0.942. The van der Waals surface area contributed by atoms with Gasteiger partial charge in [0.1, 0.15) is 5.82 Å². The zero-order valence-corrected chi connectivity index (χ0v) is 25.9. The first-order valence-corrected chi connectivity index (χ1v) is 15.4. The summed E-state index contributed by atoms with van der Waals surface area (Å²) in [6.07, 6.45) is 8.47. The van der Waals surface area contributed by atoms with Crippen molar-refractivity contribution in [2.45, 2.75) is 65.3 Å². The standard InChI is InChI=1S/C19H22BrClN4.C15H16/c1-3-7-13(8-4-2)23-18-11-17(14-9-5-6-10-16(14)21)24-19-15(20)12-22-25(18)19;1-2-13-8-10-15(11-9-13)12-14-6-4-3-5-7-14/h5-6,9-13,23H,3-4,7-8H2,1-2H3;3-11H,2,12H2,1H3. The van der Waals surface area contributed by atoms with E-state index in [1.54, 1.807) is 6.20 Å². The summed E-state index contributed by atoms with van der Waals surface area (Å²) in [6.45, 7) is 6.62. The summed E-state index contributed by atoms with van der Waals surface area (Å²) in [6, 6.07) is 29.7. The zero-order chi connectivity index (χ0) is 28.3. The number of fused-ring (bicyclic) bond motifs is 1. The minimum absolute atomic E-state index is 0.419. The molecule has 0 aliphatic rings. The largest absolute Gasteiger partial charge is 0.367 e. The van der Waals surface area contributed by atoms with E-state index in [2.05, 4.69) is 102 Å². The first-order valence-electron chi connectivity index (χ1n) is 14.2. The number of aryl methyl sites for hydroxylation is 1. The van der Waals surface area contributed by atoms with Gasteiger partial charge in [-0.25, -0.2) is 4.98 Å². The number of hydrogen-bond donors (Lipinski definition) is 1. The van der Waals surface area contributed by atoms with Crippen LogP contribution in [0, 0.1) is 0 Å². The van der Waals surface area contributed by atoms with E-state index >= 15 is 0 Å². The quantitative estimate of drug-likeness (QED) is 0.170. The highest BCUT2D eigenvalue weighted by atomic mass is 79.9. The summed E-state index contributed by atoms with van der Waals surface area (Å²) >= 11 is 9.93. The van der Waals surface area contributed by atoms with Gasteiger partial charge >= 0.3 is 0 Å². The Balaban J connectivity index is 0.000000210. The van der Waals surface area contributed by atoms with E-state index in [9.17, 15) is 0 Å². The molecule has 0 amide bonds. The topological polar surface area (TPSA) is 42.2 Å². The molecular formula is C34H38BrClN4. The molecule has 3 aromatic carbocycles. The Morgan fingerprint density at radius 2 is 1.45 bits per heavy atom. The second-order valence-corrected chi connectivity index (χ2v) is 11.2. The summed E-state index contributed by atoms with van der Waals surface area (Å²) in [4.78, 5) is 4.75. The van der Waals surface area contributed by atoms with Gasteiger partial charge in [-0.3, -0.25) is 0 Å². The fraction of sp³-hybridized carbons (Fsp3) is 0.294. The maximum absolute atomic E-state index is 6.39. The zero-order valence-electron chi connectivity index (χ0n) is 23.6. The Bertz CT molecular complexity index is 1480. The predicted octanol–water partition coefficient (Wildman–Crippen LogP) is 10.0. The molecule has 0 spiro atoms. The number of nitrogens with one attached hydrogen (secondary N) is 1. The first kappa shape index (κ1) is 29.8. The van der Waals surface area contributed by atoms with Crippen molar-refractivity contribution in [3.8, 4) is 11.3 Å². The third-order valence-corrected chi connectivity index (χ3v) is 7.78. The summed E-state index contributed by atoms with van der Waals surface area (Å²) in [7, 11) is 0. The van der Waals surface area contributed by atoms with Crippen LogP contribution >= 0.6 is 27.5 Å². The van der Waals surface area contributed by atoms with E-state index in [1.807, 2.05) is 34.8 Å².